The van der Waals surface area contributed by atoms with Crippen molar-refractivity contribution in [1.82, 2.24) is 14.5 Å². The van der Waals surface area contributed by atoms with E-state index in [1.807, 2.05) is 54.9 Å². The second-order valence-electron chi connectivity index (χ2n) is 6.48. The number of halogens is 1. The first kappa shape index (κ1) is 20.1. The summed E-state index contributed by atoms with van der Waals surface area (Å²) in [4.78, 5) is 0.00671. The SMILES string of the molecule is Cc1cc(C)n(Cc2cccc(CNS(=O)(=O)c3ccc(Cl)c(C#N)c3)c2)n1. The maximum atomic E-state index is 12.5. The molecule has 1 heterocycles. The Morgan fingerprint density at radius 3 is 2.57 bits per heavy atom. The molecule has 0 atom stereocenters. The highest BCUT2D eigenvalue weighted by Crippen LogP contribution is 2.20. The second kappa shape index (κ2) is 8.15. The molecule has 28 heavy (non-hydrogen) atoms. The third kappa shape index (κ3) is 4.60. The lowest BCUT2D eigenvalue weighted by molar-refractivity contribution is 0.581. The smallest absolute Gasteiger partial charge is 0.240 e. The van der Waals surface area contributed by atoms with Crippen LogP contribution in [0.25, 0.3) is 0 Å². The Balaban J connectivity index is 1.74. The average Bonchev–Trinajstić information content (AvgIpc) is 2.97. The summed E-state index contributed by atoms with van der Waals surface area (Å²) in [6.07, 6.45) is 0. The Hall–Kier alpha value is -2.66. The number of hydrogen-bond donors (Lipinski definition) is 1. The van der Waals surface area contributed by atoms with Gasteiger partial charge >= 0.3 is 0 Å². The van der Waals surface area contributed by atoms with Gasteiger partial charge in [0.25, 0.3) is 0 Å². The van der Waals surface area contributed by atoms with Gasteiger partial charge in [-0.25, -0.2) is 13.1 Å². The molecule has 0 fully saturated rings. The molecular weight excluding hydrogens is 396 g/mol. The minimum Gasteiger partial charge on any atom is -0.265 e. The Bertz CT molecular complexity index is 1160. The van der Waals surface area contributed by atoms with Crippen molar-refractivity contribution in [2.45, 2.75) is 31.8 Å². The summed E-state index contributed by atoms with van der Waals surface area (Å²) in [5.41, 5.74) is 4.01. The Labute approximate surface area is 169 Å². The van der Waals surface area contributed by atoms with Crippen LogP contribution in [0.3, 0.4) is 0 Å². The van der Waals surface area contributed by atoms with Crippen LogP contribution in [0.5, 0.6) is 0 Å². The fourth-order valence-electron chi connectivity index (χ4n) is 2.86. The van der Waals surface area contributed by atoms with E-state index in [2.05, 4.69) is 9.82 Å². The zero-order valence-corrected chi connectivity index (χ0v) is 17.0. The van der Waals surface area contributed by atoms with E-state index in [0.29, 0.717) is 6.54 Å². The number of sulfonamides is 1. The Morgan fingerprint density at radius 2 is 1.89 bits per heavy atom. The van der Waals surface area contributed by atoms with E-state index in [4.69, 9.17) is 16.9 Å². The number of rotatable bonds is 6. The molecule has 8 heteroatoms. The zero-order valence-electron chi connectivity index (χ0n) is 15.5. The van der Waals surface area contributed by atoms with Gasteiger partial charge in [-0.05, 0) is 49.2 Å². The van der Waals surface area contributed by atoms with E-state index in [1.165, 1.54) is 18.2 Å². The highest BCUT2D eigenvalue weighted by molar-refractivity contribution is 7.89. The van der Waals surface area contributed by atoms with Crippen molar-refractivity contribution < 1.29 is 8.42 Å². The van der Waals surface area contributed by atoms with Crippen LogP contribution in [-0.2, 0) is 23.1 Å². The fourth-order valence-corrected chi connectivity index (χ4v) is 4.07. The van der Waals surface area contributed by atoms with Gasteiger partial charge in [-0.1, -0.05) is 35.9 Å². The van der Waals surface area contributed by atoms with Crippen molar-refractivity contribution >= 4 is 21.6 Å². The molecule has 6 nitrogen and oxygen atoms in total. The summed E-state index contributed by atoms with van der Waals surface area (Å²) < 4.78 is 29.5. The topological polar surface area (TPSA) is 87.8 Å². The van der Waals surface area contributed by atoms with Crippen molar-refractivity contribution in [3.05, 3.63) is 81.6 Å². The van der Waals surface area contributed by atoms with E-state index in [1.54, 1.807) is 0 Å². The van der Waals surface area contributed by atoms with Crippen LogP contribution < -0.4 is 4.72 Å². The maximum Gasteiger partial charge on any atom is 0.240 e. The standard InChI is InChI=1S/C20H19ClN4O2S/c1-14-8-15(2)25(24-14)13-17-5-3-4-16(9-17)12-23-28(26,27)19-6-7-20(21)18(10-19)11-22/h3-10,23H,12-13H2,1-2H3. The van der Waals surface area contributed by atoms with E-state index < -0.39 is 10.0 Å². The largest absolute Gasteiger partial charge is 0.265 e. The summed E-state index contributed by atoms with van der Waals surface area (Å²) in [5, 5.41) is 13.7. The molecule has 144 valence electrons. The van der Waals surface area contributed by atoms with Crippen molar-refractivity contribution in [1.29, 1.82) is 5.26 Å². The first-order valence-corrected chi connectivity index (χ1v) is 10.4. The molecule has 0 radical (unpaired) electrons. The molecule has 0 aliphatic heterocycles. The summed E-state index contributed by atoms with van der Waals surface area (Å²) in [5.74, 6) is 0. The Kier molecular flexibility index (Phi) is 5.84. The second-order valence-corrected chi connectivity index (χ2v) is 8.66. The van der Waals surface area contributed by atoms with Gasteiger partial charge in [0.05, 0.1) is 27.7 Å². The van der Waals surface area contributed by atoms with Gasteiger partial charge in [-0.15, -0.1) is 0 Å². The number of nitrogens with one attached hydrogen (secondary N) is 1. The molecule has 0 aliphatic carbocycles. The highest BCUT2D eigenvalue weighted by atomic mass is 35.5. The van der Waals surface area contributed by atoms with Gasteiger partial charge in [-0.2, -0.15) is 10.4 Å². The van der Waals surface area contributed by atoms with Crippen LogP contribution in [0.2, 0.25) is 5.02 Å². The van der Waals surface area contributed by atoms with E-state index in [0.717, 1.165) is 22.5 Å². The maximum absolute atomic E-state index is 12.5. The lowest BCUT2D eigenvalue weighted by Gasteiger charge is -2.10. The van der Waals surface area contributed by atoms with Crippen molar-refractivity contribution in [3.63, 3.8) is 0 Å². The first-order valence-electron chi connectivity index (χ1n) is 8.57. The monoisotopic (exact) mass is 414 g/mol. The van der Waals surface area contributed by atoms with Crippen molar-refractivity contribution in [3.8, 4) is 6.07 Å². The van der Waals surface area contributed by atoms with Crippen LogP contribution >= 0.6 is 11.6 Å². The van der Waals surface area contributed by atoms with Gasteiger partial charge in [-0.3, -0.25) is 4.68 Å². The number of nitrogens with zero attached hydrogens (tertiary/aromatic N) is 3. The molecule has 0 saturated carbocycles. The van der Waals surface area contributed by atoms with Gasteiger partial charge < -0.3 is 0 Å². The molecule has 0 saturated heterocycles. The third-order valence-corrected chi connectivity index (χ3v) is 5.99. The zero-order chi connectivity index (χ0) is 20.3. The number of benzene rings is 2. The van der Waals surface area contributed by atoms with Gasteiger partial charge in [0.1, 0.15) is 6.07 Å². The van der Waals surface area contributed by atoms with Crippen LogP contribution in [-0.4, -0.2) is 18.2 Å². The molecule has 0 aliphatic rings. The predicted molar refractivity (Wildman–Crippen MR) is 107 cm³/mol. The number of hydrogen-bond acceptors (Lipinski definition) is 4. The van der Waals surface area contributed by atoms with Crippen LogP contribution in [0, 0.1) is 25.2 Å². The first-order chi connectivity index (χ1) is 13.3. The highest BCUT2D eigenvalue weighted by Gasteiger charge is 2.16. The predicted octanol–water partition coefficient (Wildman–Crippen LogP) is 3.55. The normalized spacial score (nSPS) is 11.4. The molecule has 0 amide bonds. The van der Waals surface area contributed by atoms with Crippen LogP contribution in [0.15, 0.2) is 53.4 Å². The molecule has 0 spiro atoms. The molecule has 0 unspecified atom stereocenters. The fraction of sp³-hybridized carbons (Fsp3) is 0.200. The molecular formula is C20H19ClN4O2S. The minimum absolute atomic E-state index is 0.00671. The summed E-state index contributed by atoms with van der Waals surface area (Å²) >= 11 is 5.87. The molecule has 1 N–H and O–H groups in total. The van der Waals surface area contributed by atoms with Gasteiger partial charge in [0.15, 0.2) is 0 Å². The number of nitriles is 1. The van der Waals surface area contributed by atoms with Gasteiger partial charge in [0.2, 0.25) is 10.0 Å². The van der Waals surface area contributed by atoms with E-state index in [9.17, 15) is 8.42 Å². The number of aryl methyl sites for hydroxylation is 2. The minimum atomic E-state index is -3.76. The molecule has 1 aromatic heterocycles. The van der Waals surface area contributed by atoms with Gasteiger partial charge in [0, 0.05) is 12.2 Å². The Morgan fingerprint density at radius 1 is 1.14 bits per heavy atom. The summed E-state index contributed by atoms with van der Waals surface area (Å²) in [6.45, 7) is 4.70. The molecule has 3 aromatic rings. The quantitative estimate of drug-likeness (QED) is 0.668. The van der Waals surface area contributed by atoms with Crippen molar-refractivity contribution in [2.24, 2.45) is 0 Å². The molecule has 3 rings (SSSR count). The molecule has 0 bridgehead atoms. The third-order valence-electron chi connectivity index (χ3n) is 4.26. The van der Waals surface area contributed by atoms with Crippen molar-refractivity contribution in [2.75, 3.05) is 0 Å². The van der Waals surface area contributed by atoms with E-state index in [-0.39, 0.29) is 22.0 Å². The summed E-state index contributed by atoms with van der Waals surface area (Å²) in [6, 6.07) is 15.6. The average molecular weight is 415 g/mol. The van der Waals surface area contributed by atoms with Crippen LogP contribution in [0.4, 0.5) is 0 Å². The lowest BCUT2D eigenvalue weighted by Crippen LogP contribution is -2.23. The summed E-state index contributed by atoms with van der Waals surface area (Å²) in [7, 11) is -3.76. The van der Waals surface area contributed by atoms with Crippen LogP contribution in [0.1, 0.15) is 28.1 Å². The molecule has 2 aromatic carbocycles. The van der Waals surface area contributed by atoms with E-state index >= 15 is 0 Å². The number of aromatic nitrogens is 2. The lowest BCUT2D eigenvalue weighted by atomic mass is 10.1.